The van der Waals surface area contributed by atoms with Gasteiger partial charge in [-0.2, -0.15) is 5.26 Å². The molecule has 0 saturated carbocycles. The van der Waals surface area contributed by atoms with E-state index in [0.29, 0.717) is 6.42 Å². The summed E-state index contributed by atoms with van der Waals surface area (Å²) in [7, 11) is 0. The molecule has 0 unspecified atom stereocenters. The molecule has 0 rings (SSSR count). The molecule has 0 aliphatic rings. The zero-order valence-corrected chi connectivity index (χ0v) is 8.95. The van der Waals surface area contributed by atoms with Crippen molar-refractivity contribution < 1.29 is 0 Å². The highest BCUT2D eigenvalue weighted by atomic mass is 14.2. The molecule has 0 aliphatic carbocycles. The van der Waals surface area contributed by atoms with Gasteiger partial charge < -0.3 is 0 Å². The van der Waals surface area contributed by atoms with E-state index in [1.165, 1.54) is 12.8 Å². The first-order valence-corrected chi connectivity index (χ1v) is 5.20. The van der Waals surface area contributed by atoms with E-state index in [-0.39, 0.29) is 0 Å². The summed E-state index contributed by atoms with van der Waals surface area (Å²) >= 11 is 0. The van der Waals surface area contributed by atoms with Crippen LogP contribution in [0.2, 0.25) is 0 Å². The molecule has 0 aromatic heterocycles. The molecule has 76 valence electrons. The van der Waals surface area contributed by atoms with Gasteiger partial charge >= 0.3 is 0 Å². The van der Waals surface area contributed by atoms with E-state index < -0.39 is 0 Å². The molecule has 0 aromatic carbocycles. The molecule has 0 atom stereocenters. The first kappa shape index (κ1) is 12.7. The molecule has 0 amide bonds. The van der Waals surface area contributed by atoms with E-state index in [9.17, 15) is 0 Å². The Balaban J connectivity index is 3.24. The summed E-state index contributed by atoms with van der Waals surface area (Å²) in [6, 6.07) is 2.07. The number of unbranched alkanes of at least 4 members (excludes halogenated alkanes) is 2. The lowest BCUT2D eigenvalue weighted by atomic mass is 10.2. The third-order valence-corrected chi connectivity index (χ3v) is 1.79. The summed E-state index contributed by atoms with van der Waals surface area (Å²) in [6.07, 6.45) is 17.6. The van der Waals surface area contributed by atoms with Gasteiger partial charge in [0.15, 0.2) is 0 Å². The summed E-state index contributed by atoms with van der Waals surface area (Å²) in [5, 5.41) is 8.26. The maximum atomic E-state index is 8.26. The molecular formula is C13H19N. The fourth-order valence-corrected chi connectivity index (χ4v) is 1.05. The second kappa shape index (κ2) is 11.7. The van der Waals surface area contributed by atoms with Crippen LogP contribution in [0.25, 0.3) is 0 Å². The molecule has 0 heterocycles. The van der Waals surface area contributed by atoms with Gasteiger partial charge in [0.2, 0.25) is 0 Å². The quantitative estimate of drug-likeness (QED) is 0.436. The van der Waals surface area contributed by atoms with Crippen molar-refractivity contribution in [2.45, 2.75) is 39.0 Å². The van der Waals surface area contributed by atoms with Crippen LogP contribution in [-0.2, 0) is 0 Å². The lowest BCUT2D eigenvalue weighted by Crippen LogP contribution is -1.68. The highest BCUT2D eigenvalue weighted by Crippen LogP contribution is 1.99. The smallest absolute Gasteiger partial charge is 0.0663 e. The Morgan fingerprint density at radius 1 is 1.00 bits per heavy atom. The SMILES string of the molecule is C/C=C/CCC/C=C/C/C=C/CC#N. The number of nitrogens with zero attached hydrogens (tertiary/aromatic N) is 1. The van der Waals surface area contributed by atoms with E-state index in [4.69, 9.17) is 5.26 Å². The normalized spacial score (nSPS) is 11.7. The standard InChI is InChI=1S/C13H19N/c1-2-3-4-5-6-7-8-9-10-11-12-13-14/h2-3,7-8,10-11H,4-6,9,12H2,1H3/b3-2+,8-7+,11-10+. The average Bonchev–Trinajstić information content (AvgIpc) is 2.21. The second-order valence-electron chi connectivity index (χ2n) is 3.04. The molecule has 14 heavy (non-hydrogen) atoms. The van der Waals surface area contributed by atoms with E-state index >= 15 is 0 Å². The minimum Gasteiger partial charge on any atom is -0.198 e. The van der Waals surface area contributed by atoms with E-state index in [1.54, 1.807) is 0 Å². The third kappa shape index (κ3) is 10.7. The molecule has 0 aliphatic heterocycles. The molecule has 0 bridgehead atoms. The predicted octanol–water partition coefficient (Wildman–Crippen LogP) is 4.15. The molecule has 0 fully saturated rings. The first-order chi connectivity index (χ1) is 6.91. The molecule has 0 aromatic rings. The predicted molar refractivity (Wildman–Crippen MR) is 61.8 cm³/mol. The Kier molecular flexibility index (Phi) is 10.6. The van der Waals surface area contributed by atoms with Crippen molar-refractivity contribution in [1.82, 2.24) is 0 Å². The third-order valence-electron chi connectivity index (χ3n) is 1.79. The lowest BCUT2D eigenvalue weighted by Gasteiger charge is -1.88. The van der Waals surface area contributed by atoms with Gasteiger partial charge in [-0.1, -0.05) is 36.5 Å². The first-order valence-electron chi connectivity index (χ1n) is 5.20. The maximum absolute atomic E-state index is 8.26. The Morgan fingerprint density at radius 2 is 1.71 bits per heavy atom. The van der Waals surface area contributed by atoms with Crippen LogP contribution in [0, 0.1) is 11.3 Å². The molecule has 0 saturated heterocycles. The molecular weight excluding hydrogens is 170 g/mol. The van der Waals surface area contributed by atoms with Gasteiger partial charge in [-0.05, 0) is 32.6 Å². The van der Waals surface area contributed by atoms with Crippen molar-refractivity contribution >= 4 is 0 Å². The summed E-state index contributed by atoms with van der Waals surface area (Å²) in [5.41, 5.74) is 0. The van der Waals surface area contributed by atoms with Gasteiger partial charge in [0.05, 0.1) is 12.5 Å². The number of nitriles is 1. The number of hydrogen-bond acceptors (Lipinski definition) is 1. The van der Waals surface area contributed by atoms with Crippen LogP contribution in [0.5, 0.6) is 0 Å². The Bertz CT molecular complexity index is 228. The van der Waals surface area contributed by atoms with Crippen LogP contribution in [0.1, 0.15) is 39.0 Å². The van der Waals surface area contributed by atoms with Gasteiger partial charge in [-0.25, -0.2) is 0 Å². The Morgan fingerprint density at radius 3 is 2.43 bits per heavy atom. The second-order valence-corrected chi connectivity index (χ2v) is 3.04. The van der Waals surface area contributed by atoms with Crippen LogP contribution in [0.3, 0.4) is 0 Å². The topological polar surface area (TPSA) is 23.8 Å². The van der Waals surface area contributed by atoms with E-state index in [1.807, 2.05) is 12.2 Å². The molecule has 1 nitrogen and oxygen atoms in total. The van der Waals surface area contributed by atoms with Gasteiger partial charge in [0.1, 0.15) is 0 Å². The number of hydrogen-bond donors (Lipinski definition) is 0. The van der Waals surface area contributed by atoms with Crippen LogP contribution in [0.4, 0.5) is 0 Å². The van der Waals surface area contributed by atoms with Gasteiger partial charge in [0.25, 0.3) is 0 Å². The monoisotopic (exact) mass is 189 g/mol. The minimum atomic E-state index is 0.523. The molecule has 0 spiro atoms. The maximum Gasteiger partial charge on any atom is 0.0663 e. The average molecular weight is 189 g/mol. The van der Waals surface area contributed by atoms with Crippen molar-refractivity contribution in [3.8, 4) is 6.07 Å². The largest absolute Gasteiger partial charge is 0.198 e. The molecule has 0 radical (unpaired) electrons. The summed E-state index contributed by atoms with van der Waals surface area (Å²) in [6.45, 7) is 2.05. The fourth-order valence-electron chi connectivity index (χ4n) is 1.05. The van der Waals surface area contributed by atoms with Crippen molar-refractivity contribution in [3.05, 3.63) is 36.5 Å². The minimum absolute atomic E-state index is 0.523. The van der Waals surface area contributed by atoms with Crippen LogP contribution in [-0.4, -0.2) is 0 Å². The van der Waals surface area contributed by atoms with Crippen LogP contribution in [0.15, 0.2) is 36.5 Å². The lowest BCUT2D eigenvalue weighted by molar-refractivity contribution is 0.865. The zero-order chi connectivity index (χ0) is 10.5. The Hall–Kier alpha value is -1.29. The van der Waals surface area contributed by atoms with Crippen LogP contribution < -0.4 is 0 Å². The zero-order valence-electron chi connectivity index (χ0n) is 8.95. The number of allylic oxidation sites excluding steroid dienone is 6. The summed E-state index contributed by atoms with van der Waals surface area (Å²) in [4.78, 5) is 0. The fraction of sp³-hybridized carbons (Fsp3) is 0.462. The molecule has 0 N–H and O–H groups in total. The van der Waals surface area contributed by atoms with Crippen molar-refractivity contribution in [2.75, 3.05) is 0 Å². The van der Waals surface area contributed by atoms with Crippen molar-refractivity contribution in [2.24, 2.45) is 0 Å². The summed E-state index contributed by atoms with van der Waals surface area (Å²) < 4.78 is 0. The van der Waals surface area contributed by atoms with E-state index in [0.717, 1.165) is 12.8 Å². The van der Waals surface area contributed by atoms with E-state index in [2.05, 4.69) is 37.3 Å². The Labute approximate surface area is 87.4 Å². The van der Waals surface area contributed by atoms with Gasteiger partial charge in [-0.15, -0.1) is 0 Å². The van der Waals surface area contributed by atoms with Crippen LogP contribution >= 0.6 is 0 Å². The summed E-state index contributed by atoms with van der Waals surface area (Å²) in [5.74, 6) is 0. The van der Waals surface area contributed by atoms with Crippen molar-refractivity contribution in [3.63, 3.8) is 0 Å². The number of rotatable bonds is 7. The highest BCUT2D eigenvalue weighted by Gasteiger charge is 1.79. The highest BCUT2D eigenvalue weighted by molar-refractivity contribution is 4.96. The van der Waals surface area contributed by atoms with Gasteiger partial charge in [-0.3, -0.25) is 0 Å². The van der Waals surface area contributed by atoms with Crippen molar-refractivity contribution in [1.29, 1.82) is 5.26 Å². The van der Waals surface area contributed by atoms with Gasteiger partial charge in [0, 0.05) is 0 Å². The molecule has 1 heteroatoms.